The van der Waals surface area contributed by atoms with Crippen LogP contribution in [0, 0.1) is 0 Å². The van der Waals surface area contributed by atoms with Gasteiger partial charge in [-0.05, 0) is 128 Å². The Kier molecular flexibility index (Phi) is 52.1. The molecule has 0 aliphatic heterocycles. The van der Waals surface area contributed by atoms with Gasteiger partial charge in [-0.15, -0.1) is 0 Å². The number of ether oxygens (including phenoxy) is 3. The minimum absolute atomic E-state index is 0.132. The van der Waals surface area contributed by atoms with Gasteiger partial charge in [0.2, 0.25) is 0 Å². The lowest BCUT2D eigenvalue weighted by atomic mass is 10.1. The van der Waals surface area contributed by atoms with Crippen molar-refractivity contribution in [2.75, 3.05) is 13.2 Å². The van der Waals surface area contributed by atoms with E-state index >= 15 is 0 Å². The highest BCUT2D eigenvalue weighted by atomic mass is 16.6. The number of carbonyl (C=O) groups is 3. The molecule has 0 aromatic rings. The third-order valence-electron chi connectivity index (χ3n) is 10.8. The van der Waals surface area contributed by atoms with Gasteiger partial charge in [0.1, 0.15) is 13.2 Å². The zero-order valence-electron chi connectivity index (χ0n) is 44.0. The average Bonchev–Trinajstić information content (AvgIpc) is 3.35. The second kappa shape index (κ2) is 55.9. The van der Waals surface area contributed by atoms with Gasteiger partial charge in [0.05, 0.1) is 0 Å². The molecule has 0 aliphatic rings. The van der Waals surface area contributed by atoms with Crippen molar-refractivity contribution >= 4 is 17.9 Å². The van der Waals surface area contributed by atoms with Crippen molar-refractivity contribution in [2.24, 2.45) is 0 Å². The van der Waals surface area contributed by atoms with Crippen LogP contribution in [0.15, 0.2) is 146 Å². The second-order valence-electron chi connectivity index (χ2n) is 17.4. The molecule has 69 heavy (non-hydrogen) atoms. The summed E-state index contributed by atoms with van der Waals surface area (Å²) in [6.07, 6.45) is 79.9. The molecule has 0 saturated heterocycles. The molecule has 6 nitrogen and oxygen atoms in total. The van der Waals surface area contributed by atoms with E-state index in [1.54, 1.807) is 0 Å². The quantitative estimate of drug-likeness (QED) is 0.0262. The molecule has 0 spiro atoms. The normalized spacial score (nSPS) is 13.3. The largest absolute Gasteiger partial charge is 0.462 e. The predicted octanol–water partition coefficient (Wildman–Crippen LogP) is 18.4. The molecule has 0 radical (unpaired) electrons. The van der Waals surface area contributed by atoms with E-state index in [2.05, 4.69) is 161 Å². The van der Waals surface area contributed by atoms with Crippen molar-refractivity contribution in [2.45, 2.75) is 219 Å². The maximum atomic E-state index is 12.8. The Bertz CT molecular complexity index is 1560. The van der Waals surface area contributed by atoms with Gasteiger partial charge in [0.15, 0.2) is 6.10 Å². The SMILES string of the molecule is CC/C=C/C/C=C/C/C=C/C/C=C/C/C=C/CCCCCC(=O)OCC(COC(=O)CC/C=C/C/C=C/CCCCCCCC)OC(=O)CCCCC/C=C/C/C=C/C/C=C/C/C=C/C/C=C/CC. The van der Waals surface area contributed by atoms with E-state index in [9.17, 15) is 14.4 Å². The van der Waals surface area contributed by atoms with Crippen molar-refractivity contribution in [3.63, 3.8) is 0 Å². The highest BCUT2D eigenvalue weighted by molar-refractivity contribution is 5.71. The molecule has 1 unspecified atom stereocenters. The highest BCUT2D eigenvalue weighted by Gasteiger charge is 2.19. The minimum Gasteiger partial charge on any atom is -0.462 e. The first kappa shape index (κ1) is 64.3. The fourth-order valence-electron chi connectivity index (χ4n) is 6.78. The molecule has 1 atom stereocenters. The van der Waals surface area contributed by atoms with Crippen molar-refractivity contribution < 1.29 is 28.6 Å². The Morgan fingerprint density at radius 3 is 0.971 bits per heavy atom. The van der Waals surface area contributed by atoms with Gasteiger partial charge in [-0.2, -0.15) is 0 Å². The Morgan fingerprint density at radius 1 is 0.304 bits per heavy atom. The molecule has 6 heteroatoms. The van der Waals surface area contributed by atoms with E-state index < -0.39 is 6.10 Å². The van der Waals surface area contributed by atoms with Crippen molar-refractivity contribution in [1.29, 1.82) is 0 Å². The monoisotopic (exact) mass is 951 g/mol. The van der Waals surface area contributed by atoms with Gasteiger partial charge in [-0.3, -0.25) is 14.4 Å². The summed E-state index contributed by atoms with van der Waals surface area (Å²) in [5, 5.41) is 0. The Balaban J connectivity index is 4.59. The summed E-state index contributed by atoms with van der Waals surface area (Å²) >= 11 is 0. The standard InChI is InChI=1S/C63H98O6/c1-4-7-10-13-16-19-22-25-27-29-31-33-35-38-41-44-47-50-53-56-62(65)68-59-60(58-67-61(64)55-52-49-46-43-40-37-24-21-18-15-12-9-6-3)69-63(66)57-54-51-48-45-42-39-36-34-32-30-28-26-23-20-17-14-11-8-5-2/h7-8,10-11,16-17,19-20,25-28,31-34,37-42,46,49,60H,4-6,9,12-15,18,21-24,29-30,35-36,43-45,47-48,50-59H2,1-3H3/b10-7+,11-8+,19-16+,20-17+,27-25+,28-26+,33-31+,34-32+,40-37+,41-38+,42-39+,49-46+. The Morgan fingerprint density at radius 2 is 0.594 bits per heavy atom. The smallest absolute Gasteiger partial charge is 0.306 e. The summed E-state index contributed by atoms with van der Waals surface area (Å²) in [6.45, 7) is 6.27. The summed E-state index contributed by atoms with van der Waals surface area (Å²) < 4.78 is 16.7. The molecule has 0 aromatic carbocycles. The number of esters is 3. The third-order valence-corrected chi connectivity index (χ3v) is 10.8. The summed E-state index contributed by atoms with van der Waals surface area (Å²) in [5.41, 5.74) is 0. The van der Waals surface area contributed by atoms with Crippen LogP contribution in [0.4, 0.5) is 0 Å². The van der Waals surface area contributed by atoms with Crippen LogP contribution < -0.4 is 0 Å². The van der Waals surface area contributed by atoms with Gasteiger partial charge < -0.3 is 14.2 Å². The first-order valence-electron chi connectivity index (χ1n) is 27.3. The Labute approximate surface area is 423 Å². The van der Waals surface area contributed by atoms with Crippen LogP contribution in [0.1, 0.15) is 213 Å². The van der Waals surface area contributed by atoms with Gasteiger partial charge >= 0.3 is 17.9 Å². The molecule has 0 bridgehead atoms. The van der Waals surface area contributed by atoms with E-state index in [-0.39, 0.29) is 44.0 Å². The van der Waals surface area contributed by atoms with Crippen LogP contribution in [0.25, 0.3) is 0 Å². The zero-order valence-corrected chi connectivity index (χ0v) is 44.0. The van der Waals surface area contributed by atoms with Gasteiger partial charge in [0, 0.05) is 19.3 Å². The number of hydrogen-bond acceptors (Lipinski definition) is 6. The maximum absolute atomic E-state index is 12.8. The summed E-state index contributed by atoms with van der Waals surface area (Å²) in [6, 6.07) is 0. The lowest BCUT2D eigenvalue weighted by molar-refractivity contribution is -0.166. The van der Waals surface area contributed by atoms with Gasteiger partial charge in [-0.1, -0.05) is 212 Å². The minimum atomic E-state index is -0.839. The Hall–Kier alpha value is -4.71. The van der Waals surface area contributed by atoms with Crippen LogP contribution in [0.5, 0.6) is 0 Å². The van der Waals surface area contributed by atoms with Gasteiger partial charge in [-0.25, -0.2) is 0 Å². The van der Waals surface area contributed by atoms with Crippen molar-refractivity contribution in [3.8, 4) is 0 Å². The fourth-order valence-corrected chi connectivity index (χ4v) is 6.78. The predicted molar refractivity (Wildman–Crippen MR) is 297 cm³/mol. The van der Waals surface area contributed by atoms with E-state index in [4.69, 9.17) is 14.2 Å². The van der Waals surface area contributed by atoms with E-state index in [1.165, 1.54) is 38.5 Å². The number of unbranched alkanes of at least 4 members (excludes halogenated alkanes) is 12. The molecule has 386 valence electrons. The molecular formula is C63H98O6. The first-order chi connectivity index (χ1) is 34.0. The highest BCUT2D eigenvalue weighted by Crippen LogP contribution is 2.11. The molecular weight excluding hydrogens is 853 g/mol. The number of hydrogen-bond donors (Lipinski definition) is 0. The van der Waals surface area contributed by atoms with Crippen LogP contribution >= 0.6 is 0 Å². The molecule has 0 fully saturated rings. The number of carbonyl (C=O) groups excluding carboxylic acids is 3. The maximum Gasteiger partial charge on any atom is 0.306 e. The average molecular weight is 951 g/mol. The lowest BCUT2D eigenvalue weighted by Crippen LogP contribution is -2.30. The van der Waals surface area contributed by atoms with E-state index in [1.807, 2.05) is 6.08 Å². The summed E-state index contributed by atoms with van der Waals surface area (Å²) in [4.78, 5) is 38.0. The van der Waals surface area contributed by atoms with Gasteiger partial charge in [0.25, 0.3) is 0 Å². The van der Waals surface area contributed by atoms with Crippen LogP contribution in [0.3, 0.4) is 0 Å². The molecule has 0 saturated carbocycles. The molecule has 0 heterocycles. The topological polar surface area (TPSA) is 78.9 Å². The van der Waals surface area contributed by atoms with Crippen LogP contribution in [0.2, 0.25) is 0 Å². The third kappa shape index (κ3) is 54.1. The zero-order chi connectivity index (χ0) is 50.0. The first-order valence-corrected chi connectivity index (χ1v) is 27.3. The lowest BCUT2D eigenvalue weighted by Gasteiger charge is -2.18. The van der Waals surface area contributed by atoms with Crippen LogP contribution in [-0.4, -0.2) is 37.2 Å². The van der Waals surface area contributed by atoms with Crippen LogP contribution in [-0.2, 0) is 28.6 Å². The van der Waals surface area contributed by atoms with Crippen molar-refractivity contribution in [3.05, 3.63) is 146 Å². The summed E-state index contributed by atoms with van der Waals surface area (Å²) in [5.74, 6) is -1.07. The van der Waals surface area contributed by atoms with E-state index in [0.717, 1.165) is 122 Å². The molecule has 0 rings (SSSR count). The number of rotatable bonds is 47. The molecule has 0 amide bonds. The van der Waals surface area contributed by atoms with Crippen molar-refractivity contribution in [1.82, 2.24) is 0 Å². The number of allylic oxidation sites excluding steroid dienone is 24. The molecule has 0 N–H and O–H groups in total. The second-order valence-corrected chi connectivity index (χ2v) is 17.4. The molecule has 0 aromatic heterocycles. The fraction of sp³-hybridized carbons (Fsp3) is 0.571. The van der Waals surface area contributed by atoms with E-state index in [0.29, 0.717) is 19.3 Å². The molecule has 0 aliphatic carbocycles. The summed E-state index contributed by atoms with van der Waals surface area (Å²) in [7, 11) is 0.